The highest BCUT2D eigenvalue weighted by molar-refractivity contribution is 7.09. The molecule has 6 heteroatoms. The normalized spacial score (nSPS) is 9.75. The van der Waals surface area contributed by atoms with Gasteiger partial charge in [0.05, 0.1) is 6.54 Å². The molecule has 2 aromatic rings. The van der Waals surface area contributed by atoms with E-state index >= 15 is 0 Å². The van der Waals surface area contributed by atoms with Gasteiger partial charge in [-0.1, -0.05) is 6.07 Å². The van der Waals surface area contributed by atoms with Crippen molar-refractivity contribution in [3.05, 3.63) is 40.8 Å². The van der Waals surface area contributed by atoms with Gasteiger partial charge in [0.25, 0.3) is 0 Å². The fourth-order valence-electron chi connectivity index (χ4n) is 1.09. The number of urea groups is 1. The molecule has 0 atom stereocenters. The summed E-state index contributed by atoms with van der Waals surface area (Å²) in [5.74, 6) is 0.297. The van der Waals surface area contributed by atoms with Crippen LogP contribution in [-0.4, -0.2) is 16.0 Å². The Kier molecular flexibility index (Phi) is 3.45. The zero-order valence-electron chi connectivity index (χ0n) is 8.38. The summed E-state index contributed by atoms with van der Waals surface area (Å²) < 4.78 is 0. The van der Waals surface area contributed by atoms with Crippen molar-refractivity contribution in [2.24, 2.45) is 0 Å². The molecule has 2 amide bonds. The van der Waals surface area contributed by atoms with E-state index in [-0.39, 0.29) is 6.03 Å². The van der Waals surface area contributed by atoms with Gasteiger partial charge < -0.3 is 5.32 Å². The molecule has 2 rings (SSSR count). The Morgan fingerprint density at radius 3 is 2.81 bits per heavy atom. The second-order valence-corrected chi connectivity index (χ2v) is 3.99. The lowest BCUT2D eigenvalue weighted by molar-refractivity contribution is 0.251. The van der Waals surface area contributed by atoms with Crippen molar-refractivity contribution in [3.63, 3.8) is 0 Å². The van der Waals surface area contributed by atoms with E-state index in [0.29, 0.717) is 12.5 Å². The zero-order valence-corrected chi connectivity index (χ0v) is 9.20. The first-order valence-corrected chi connectivity index (χ1v) is 5.57. The Hall–Kier alpha value is -1.95. The lowest BCUT2D eigenvalue weighted by atomic mass is 10.5. The molecule has 0 radical (unpaired) electrons. The minimum atomic E-state index is -0.306. The van der Waals surface area contributed by atoms with Crippen molar-refractivity contribution in [2.75, 3.05) is 5.32 Å². The van der Waals surface area contributed by atoms with Gasteiger partial charge in [-0.15, -0.1) is 11.3 Å². The van der Waals surface area contributed by atoms with Crippen LogP contribution in [0, 0.1) is 0 Å². The summed E-state index contributed by atoms with van der Waals surface area (Å²) in [5.41, 5.74) is 0. The summed E-state index contributed by atoms with van der Waals surface area (Å²) >= 11 is 1.60. The van der Waals surface area contributed by atoms with Crippen molar-refractivity contribution in [2.45, 2.75) is 6.54 Å². The molecule has 2 heterocycles. The van der Waals surface area contributed by atoms with Crippen molar-refractivity contribution < 1.29 is 4.79 Å². The first-order chi connectivity index (χ1) is 7.84. The Balaban J connectivity index is 1.81. The summed E-state index contributed by atoms with van der Waals surface area (Å²) in [7, 11) is 0. The third-order valence-electron chi connectivity index (χ3n) is 1.79. The summed E-state index contributed by atoms with van der Waals surface area (Å²) in [6.45, 7) is 0.510. The first kappa shape index (κ1) is 10.6. The van der Waals surface area contributed by atoms with Gasteiger partial charge in [-0.2, -0.15) is 0 Å². The van der Waals surface area contributed by atoms with E-state index < -0.39 is 0 Å². The molecule has 0 saturated carbocycles. The molecule has 2 aromatic heterocycles. The molecule has 0 aliphatic rings. The standard InChI is InChI=1S/C10H10N4OS/c15-10(13-7-8-3-1-6-16-8)14-9-11-4-2-5-12-9/h1-6H,7H2,(H2,11,12,13,14,15). The third kappa shape index (κ3) is 3.03. The quantitative estimate of drug-likeness (QED) is 0.851. The van der Waals surface area contributed by atoms with Crippen LogP contribution in [0.15, 0.2) is 36.0 Å². The van der Waals surface area contributed by atoms with Crippen LogP contribution in [0.5, 0.6) is 0 Å². The minimum absolute atomic E-state index is 0.297. The maximum Gasteiger partial charge on any atom is 0.321 e. The second-order valence-electron chi connectivity index (χ2n) is 2.96. The van der Waals surface area contributed by atoms with Crippen molar-refractivity contribution in [1.29, 1.82) is 0 Å². The summed E-state index contributed by atoms with van der Waals surface area (Å²) in [5, 5.41) is 7.22. The number of nitrogens with zero attached hydrogens (tertiary/aromatic N) is 2. The van der Waals surface area contributed by atoms with Crippen molar-refractivity contribution in [1.82, 2.24) is 15.3 Å². The predicted molar refractivity (Wildman–Crippen MR) is 62.2 cm³/mol. The van der Waals surface area contributed by atoms with E-state index in [4.69, 9.17) is 0 Å². The molecule has 5 nitrogen and oxygen atoms in total. The predicted octanol–water partition coefficient (Wildman–Crippen LogP) is 1.86. The van der Waals surface area contributed by atoms with Gasteiger partial charge in [-0.25, -0.2) is 14.8 Å². The molecule has 2 N–H and O–H groups in total. The van der Waals surface area contributed by atoms with E-state index in [1.165, 1.54) is 0 Å². The number of nitrogens with one attached hydrogen (secondary N) is 2. The number of carbonyl (C=O) groups is 1. The first-order valence-electron chi connectivity index (χ1n) is 4.69. The number of carbonyl (C=O) groups excluding carboxylic acids is 1. The van der Waals surface area contributed by atoms with Gasteiger partial charge >= 0.3 is 6.03 Å². The molecule has 0 saturated heterocycles. The van der Waals surface area contributed by atoms with Crippen molar-refractivity contribution in [3.8, 4) is 0 Å². The molecule has 0 fully saturated rings. The van der Waals surface area contributed by atoms with Crippen LogP contribution >= 0.6 is 11.3 Å². The SMILES string of the molecule is O=C(NCc1cccs1)Nc1ncccn1. The molecular weight excluding hydrogens is 224 g/mol. The van der Waals surface area contributed by atoms with Crippen LogP contribution in [0.2, 0.25) is 0 Å². The van der Waals surface area contributed by atoms with Gasteiger partial charge in [0.1, 0.15) is 0 Å². The lowest BCUT2D eigenvalue weighted by Gasteiger charge is -2.04. The number of aromatic nitrogens is 2. The molecule has 0 bridgehead atoms. The number of thiophene rings is 1. The van der Waals surface area contributed by atoms with Crippen LogP contribution in [-0.2, 0) is 6.54 Å². The van der Waals surface area contributed by atoms with E-state index in [9.17, 15) is 4.79 Å². The molecule has 82 valence electrons. The number of amides is 2. The smallest absolute Gasteiger partial charge is 0.321 e. The maximum absolute atomic E-state index is 11.4. The summed E-state index contributed by atoms with van der Waals surface area (Å²) in [6, 6.07) is 5.29. The molecule has 0 aliphatic heterocycles. The van der Waals surface area contributed by atoms with E-state index in [0.717, 1.165) is 4.88 Å². The zero-order chi connectivity index (χ0) is 11.2. The van der Waals surface area contributed by atoms with Crippen LogP contribution in [0.25, 0.3) is 0 Å². The number of anilines is 1. The molecule has 0 aromatic carbocycles. The van der Waals surface area contributed by atoms with Crippen molar-refractivity contribution >= 4 is 23.3 Å². The van der Waals surface area contributed by atoms with E-state index in [1.54, 1.807) is 29.8 Å². The highest BCUT2D eigenvalue weighted by atomic mass is 32.1. The Bertz CT molecular complexity index is 443. The second kappa shape index (κ2) is 5.22. The van der Waals surface area contributed by atoms with Crippen LogP contribution in [0.1, 0.15) is 4.88 Å². The third-order valence-corrected chi connectivity index (χ3v) is 2.67. The van der Waals surface area contributed by atoms with Crippen LogP contribution in [0.4, 0.5) is 10.7 Å². The van der Waals surface area contributed by atoms with Gasteiger partial charge in [-0.3, -0.25) is 5.32 Å². The topological polar surface area (TPSA) is 66.9 Å². The monoisotopic (exact) mass is 234 g/mol. The Morgan fingerprint density at radius 1 is 1.31 bits per heavy atom. The number of rotatable bonds is 3. The molecule has 0 unspecified atom stereocenters. The van der Waals surface area contributed by atoms with E-state index in [2.05, 4.69) is 20.6 Å². The average Bonchev–Trinajstić information content (AvgIpc) is 2.81. The summed E-state index contributed by atoms with van der Waals surface area (Å²) in [4.78, 5) is 20.3. The number of hydrogen-bond acceptors (Lipinski definition) is 4. The Morgan fingerprint density at radius 2 is 2.12 bits per heavy atom. The van der Waals surface area contributed by atoms with Gasteiger partial charge in [-0.05, 0) is 17.5 Å². The van der Waals surface area contributed by atoms with Gasteiger partial charge in [0.15, 0.2) is 0 Å². The molecular formula is C10H10N4OS. The molecule has 0 aliphatic carbocycles. The fourth-order valence-corrected chi connectivity index (χ4v) is 1.73. The fraction of sp³-hybridized carbons (Fsp3) is 0.100. The average molecular weight is 234 g/mol. The minimum Gasteiger partial charge on any atom is -0.333 e. The summed E-state index contributed by atoms with van der Waals surface area (Å²) in [6.07, 6.45) is 3.14. The lowest BCUT2D eigenvalue weighted by Crippen LogP contribution is -2.28. The Labute approximate surface area is 96.6 Å². The van der Waals surface area contributed by atoms with Crippen LogP contribution in [0.3, 0.4) is 0 Å². The number of hydrogen-bond donors (Lipinski definition) is 2. The molecule has 0 spiro atoms. The largest absolute Gasteiger partial charge is 0.333 e. The highest BCUT2D eigenvalue weighted by Crippen LogP contribution is 2.07. The van der Waals surface area contributed by atoms with E-state index in [1.807, 2.05) is 17.5 Å². The maximum atomic E-state index is 11.4. The van der Waals surface area contributed by atoms with Gasteiger partial charge in [0, 0.05) is 17.3 Å². The highest BCUT2D eigenvalue weighted by Gasteiger charge is 2.02. The molecule has 16 heavy (non-hydrogen) atoms. The van der Waals surface area contributed by atoms with Crippen LogP contribution < -0.4 is 10.6 Å². The van der Waals surface area contributed by atoms with Gasteiger partial charge in [0.2, 0.25) is 5.95 Å².